The second-order valence-electron chi connectivity index (χ2n) is 3.50. The zero-order chi connectivity index (χ0) is 12.1. The molecule has 1 aliphatic heterocycles. The van der Waals surface area contributed by atoms with Gasteiger partial charge >= 0.3 is 5.97 Å². The van der Waals surface area contributed by atoms with Crippen LogP contribution < -0.4 is 0 Å². The van der Waals surface area contributed by atoms with Gasteiger partial charge in [0.25, 0.3) is 0 Å². The van der Waals surface area contributed by atoms with Crippen LogP contribution in [0.15, 0.2) is 0 Å². The number of aliphatic carboxylic acids is 1. The third kappa shape index (κ3) is 3.57. The Morgan fingerprint density at radius 3 is 2.50 bits per heavy atom. The van der Waals surface area contributed by atoms with E-state index in [0.29, 0.717) is 26.3 Å². The molecule has 1 amide bonds. The Morgan fingerprint density at radius 1 is 1.44 bits per heavy atom. The van der Waals surface area contributed by atoms with Gasteiger partial charge in [-0.2, -0.15) is 0 Å². The van der Waals surface area contributed by atoms with Crippen molar-refractivity contribution in [2.24, 2.45) is 0 Å². The van der Waals surface area contributed by atoms with Crippen molar-refractivity contribution in [2.75, 3.05) is 32.1 Å². The lowest BCUT2D eigenvalue weighted by Gasteiger charge is -2.28. The highest BCUT2D eigenvalue weighted by Gasteiger charge is 2.27. The Morgan fingerprint density at radius 2 is 2.00 bits per heavy atom. The number of hydrogen-bond donors (Lipinski definition) is 1. The maximum absolute atomic E-state index is 11.8. The fourth-order valence-electron chi connectivity index (χ4n) is 1.40. The zero-order valence-corrected chi connectivity index (χ0v) is 9.87. The van der Waals surface area contributed by atoms with Gasteiger partial charge in [0.15, 0.2) is 0 Å². The lowest BCUT2D eigenvalue weighted by Crippen LogP contribution is -2.46. The van der Waals surface area contributed by atoms with Gasteiger partial charge in [0, 0.05) is 23.9 Å². The molecule has 0 aromatic rings. The third-order valence-electron chi connectivity index (χ3n) is 2.33. The average Bonchev–Trinajstić information content (AvgIpc) is 2.27. The van der Waals surface area contributed by atoms with Crippen LogP contribution in [-0.4, -0.2) is 63.4 Å². The highest BCUT2D eigenvalue weighted by Crippen LogP contribution is 2.05. The van der Waals surface area contributed by atoms with E-state index >= 15 is 0 Å². The number of morpholine rings is 1. The molecule has 1 N–H and O–H groups in total. The summed E-state index contributed by atoms with van der Waals surface area (Å²) in [7, 11) is -1.66. The number of amides is 1. The number of carboxylic acids is 1. The molecule has 1 saturated heterocycles. The Bertz CT molecular complexity index is 300. The van der Waals surface area contributed by atoms with Crippen molar-refractivity contribution in [1.82, 2.24) is 4.90 Å². The highest BCUT2D eigenvalue weighted by atomic mass is 32.2. The minimum absolute atomic E-state index is 0.261. The minimum Gasteiger partial charge on any atom is -0.481 e. The van der Waals surface area contributed by atoms with Crippen molar-refractivity contribution in [3.05, 3.63) is 0 Å². The number of carboxylic acid groups (broad SMARTS) is 1. The molecule has 2 unspecified atom stereocenters. The molecule has 16 heavy (non-hydrogen) atoms. The second-order valence-corrected chi connectivity index (χ2v) is 5.26. The molecular weight excluding hydrogens is 234 g/mol. The quantitative estimate of drug-likeness (QED) is 0.695. The van der Waals surface area contributed by atoms with Crippen LogP contribution in [0.5, 0.6) is 0 Å². The average molecular weight is 249 g/mol. The Hall–Kier alpha value is -0.950. The lowest BCUT2D eigenvalue weighted by molar-refractivity contribution is -0.134. The van der Waals surface area contributed by atoms with Gasteiger partial charge in [0.2, 0.25) is 5.91 Å². The SMILES string of the molecule is CC(C(=O)N1CCOCC1)S(=O)CC(=O)O. The van der Waals surface area contributed by atoms with Crippen molar-refractivity contribution in [3.63, 3.8) is 0 Å². The van der Waals surface area contributed by atoms with Gasteiger partial charge in [-0.05, 0) is 6.92 Å². The monoisotopic (exact) mass is 249 g/mol. The molecule has 2 atom stereocenters. The largest absolute Gasteiger partial charge is 0.481 e. The standard InChI is InChI=1S/C9H15NO5S/c1-7(16(14)6-8(11)12)9(13)10-2-4-15-5-3-10/h7H,2-6H2,1H3,(H,11,12). The van der Waals surface area contributed by atoms with Crippen LogP contribution in [0.1, 0.15) is 6.92 Å². The van der Waals surface area contributed by atoms with Crippen molar-refractivity contribution in [2.45, 2.75) is 12.2 Å². The highest BCUT2D eigenvalue weighted by molar-refractivity contribution is 7.87. The van der Waals surface area contributed by atoms with Crippen LogP contribution in [-0.2, 0) is 25.1 Å². The number of hydrogen-bond acceptors (Lipinski definition) is 4. The van der Waals surface area contributed by atoms with Crippen LogP contribution >= 0.6 is 0 Å². The Labute approximate surface area is 96.0 Å². The zero-order valence-electron chi connectivity index (χ0n) is 9.05. The van der Waals surface area contributed by atoms with Gasteiger partial charge in [-0.1, -0.05) is 0 Å². The first-order valence-electron chi connectivity index (χ1n) is 4.98. The summed E-state index contributed by atoms with van der Waals surface area (Å²) >= 11 is 0. The van der Waals surface area contributed by atoms with Gasteiger partial charge < -0.3 is 14.7 Å². The predicted octanol–water partition coefficient (Wildman–Crippen LogP) is -0.933. The number of carbonyl (C=O) groups excluding carboxylic acids is 1. The summed E-state index contributed by atoms with van der Waals surface area (Å²) in [5.74, 6) is -1.90. The van der Waals surface area contributed by atoms with Gasteiger partial charge in [0.1, 0.15) is 11.0 Å². The van der Waals surface area contributed by atoms with Gasteiger partial charge in [-0.25, -0.2) is 0 Å². The summed E-state index contributed by atoms with van der Waals surface area (Å²) in [5.41, 5.74) is 0. The van der Waals surface area contributed by atoms with E-state index in [9.17, 15) is 13.8 Å². The van der Waals surface area contributed by atoms with Gasteiger partial charge in [-0.3, -0.25) is 13.8 Å². The predicted molar refractivity (Wildman–Crippen MR) is 57.5 cm³/mol. The third-order valence-corrected chi connectivity index (χ3v) is 3.85. The molecule has 0 spiro atoms. The summed E-state index contributed by atoms with van der Waals surface area (Å²) < 4.78 is 16.6. The van der Waals surface area contributed by atoms with E-state index in [0.717, 1.165) is 0 Å². The molecule has 1 rings (SSSR count). The molecular formula is C9H15NO5S. The van der Waals surface area contributed by atoms with Crippen LogP contribution in [0.25, 0.3) is 0 Å². The lowest BCUT2D eigenvalue weighted by atomic mass is 10.3. The van der Waals surface area contributed by atoms with E-state index < -0.39 is 27.8 Å². The molecule has 1 fully saturated rings. The summed E-state index contributed by atoms with van der Waals surface area (Å²) in [6.07, 6.45) is 0. The first-order valence-corrected chi connectivity index (χ1v) is 6.36. The molecule has 1 heterocycles. The number of rotatable bonds is 4. The van der Waals surface area contributed by atoms with E-state index in [1.165, 1.54) is 6.92 Å². The van der Waals surface area contributed by atoms with E-state index in [4.69, 9.17) is 9.84 Å². The summed E-state index contributed by atoms with van der Waals surface area (Å²) in [4.78, 5) is 23.7. The Balaban J connectivity index is 2.51. The van der Waals surface area contributed by atoms with Crippen LogP contribution in [0, 0.1) is 0 Å². The van der Waals surface area contributed by atoms with Crippen molar-refractivity contribution >= 4 is 22.7 Å². The fraction of sp³-hybridized carbons (Fsp3) is 0.778. The van der Waals surface area contributed by atoms with E-state index in [1.807, 2.05) is 0 Å². The van der Waals surface area contributed by atoms with Gasteiger partial charge in [0.05, 0.1) is 13.2 Å². The van der Waals surface area contributed by atoms with E-state index in [2.05, 4.69) is 0 Å². The maximum atomic E-state index is 11.8. The topological polar surface area (TPSA) is 83.9 Å². The van der Waals surface area contributed by atoms with Crippen LogP contribution in [0.3, 0.4) is 0 Å². The smallest absolute Gasteiger partial charge is 0.316 e. The summed E-state index contributed by atoms with van der Waals surface area (Å²) in [6.45, 7) is 3.41. The number of carbonyl (C=O) groups is 2. The molecule has 1 aliphatic rings. The van der Waals surface area contributed by atoms with E-state index in [1.54, 1.807) is 4.90 Å². The molecule has 7 heteroatoms. The van der Waals surface area contributed by atoms with Crippen LogP contribution in [0.4, 0.5) is 0 Å². The normalized spacial score (nSPS) is 20.2. The molecule has 0 aromatic heterocycles. The molecule has 0 bridgehead atoms. The minimum atomic E-state index is -1.66. The number of ether oxygens (including phenoxy) is 1. The molecule has 0 radical (unpaired) electrons. The second kappa shape index (κ2) is 5.95. The number of nitrogens with zero attached hydrogens (tertiary/aromatic N) is 1. The Kier molecular flexibility index (Phi) is 4.88. The molecule has 0 saturated carbocycles. The molecule has 6 nitrogen and oxygen atoms in total. The first kappa shape index (κ1) is 13.1. The van der Waals surface area contributed by atoms with Crippen LogP contribution in [0.2, 0.25) is 0 Å². The first-order chi connectivity index (χ1) is 7.52. The summed E-state index contributed by atoms with van der Waals surface area (Å²) in [6, 6.07) is 0. The maximum Gasteiger partial charge on any atom is 0.316 e. The molecule has 92 valence electrons. The van der Waals surface area contributed by atoms with Crippen molar-refractivity contribution in [1.29, 1.82) is 0 Å². The van der Waals surface area contributed by atoms with Gasteiger partial charge in [-0.15, -0.1) is 0 Å². The molecule has 0 aromatic carbocycles. The van der Waals surface area contributed by atoms with E-state index in [-0.39, 0.29) is 5.91 Å². The fourth-order valence-corrected chi connectivity index (χ4v) is 2.27. The van der Waals surface area contributed by atoms with Crippen molar-refractivity contribution in [3.8, 4) is 0 Å². The van der Waals surface area contributed by atoms with Crippen molar-refractivity contribution < 1.29 is 23.6 Å². The molecule has 0 aliphatic carbocycles. The summed E-state index contributed by atoms with van der Waals surface area (Å²) in [5, 5.41) is 7.72.